The molecule has 0 saturated carbocycles. The SMILES string of the molecule is O=[N+](O)c1cccc(S(=O)(=O)NCc2c[nH]c3ncccc23)c1. The number of aromatic amines is 1. The van der Waals surface area contributed by atoms with Gasteiger partial charge in [0.05, 0.1) is 9.80 Å². The van der Waals surface area contributed by atoms with E-state index in [1.807, 2.05) is 6.07 Å². The van der Waals surface area contributed by atoms with Crippen molar-refractivity contribution in [3.05, 3.63) is 59.3 Å². The van der Waals surface area contributed by atoms with Gasteiger partial charge in [-0.15, -0.1) is 0 Å². The standard InChI is InChI=1S/C14H13N4O4S/c19-18(20)11-3-1-4-12(7-11)23(21,22)17-9-10-8-16-14-13(10)5-2-6-15-14/h1-8,17H,9H2,(H,15,16)(H,19,20)/q+1. The summed E-state index contributed by atoms with van der Waals surface area (Å²) < 4.78 is 27.1. The first-order valence-corrected chi connectivity index (χ1v) is 8.12. The van der Waals surface area contributed by atoms with E-state index in [4.69, 9.17) is 5.21 Å². The molecule has 3 rings (SSSR count). The molecule has 8 nitrogen and oxygen atoms in total. The minimum atomic E-state index is -3.82. The zero-order valence-corrected chi connectivity index (χ0v) is 12.6. The number of nitrogens with zero attached hydrogens (tertiary/aromatic N) is 2. The largest absolute Gasteiger partial charge is 0.346 e. The lowest BCUT2D eigenvalue weighted by Crippen LogP contribution is -2.23. The number of fused-ring (bicyclic) bond motifs is 1. The smallest absolute Gasteiger partial charge is 0.317 e. The number of aromatic nitrogens is 2. The molecule has 0 fully saturated rings. The van der Waals surface area contributed by atoms with Crippen LogP contribution in [0.15, 0.2) is 53.7 Å². The van der Waals surface area contributed by atoms with Crippen LogP contribution in [0.1, 0.15) is 5.56 Å². The van der Waals surface area contributed by atoms with Crippen LogP contribution in [-0.4, -0.2) is 28.5 Å². The molecule has 0 aliphatic rings. The highest BCUT2D eigenvalue weighted by atomic mass is 32.2. The molecule has 2 heterocycles. The van der Waals surface area contributed by atoms with Gasteiger partial charge in [0.25, 0.3) is 4.92 Å². The Kier molecular flexibility index (Phi) is 3.80. The molecule has 0 amide bonds. The highest BCUT2D eigenvalue weighted by Gasteiger charge is 2.20. The number of hydrogen-bond donors (Lipinski definition) is 3. The van der Waals surface area contributed by atoms with Crippen LogP contribution in [-0.2, 0) is 16.6 Å². The average Bonchev–Trinajstić information content (AvgIpc) is 2.96. The van der Waals surface area contributed by atoms with E-state index in [0.717, 1.165) is 17.0 Å². The number of rotatable bonds is 5. The molecule has 0 aliphatic carbocycles. The molecule has 1 aromatic carbocycles. The predicted molar refractivity (Wildman–Crippen MR) is 81.6 cm³/mol. The molecule has 0 atom stereocenters. The predicted octanol–water partition coefficient (Wildman–Crippen LogP) is 1.84. The summed E-state index contributed by atoms with van der Waals surface area (Å²) in [6.07, 6.45) is 3.32. The molecule has 118 valence electrons. The lowest BCUT2D eigenvalue weighted by molar-refractivity contribution is -0.729. The quantitative estimate of drug-likeness (QED) is 0.616. The fraction of sp³-hybridized carbons (Fsp3) is 0.0714. The Morgan fingerprint density at radius 3 is 2.87 bits per heavy atom. The van der Waals surface area contributed by atoms with Gasteiger partial charge in [0.1, 0.15) is 5.65 Å². The van der Waals surface area contributed by atoms with E-state index < -0.39 is 10.0 Å². The number of nitrogens with one attached hydrogen (secondary N) is 2. The molecule has 2 aromatic heterocycles. The lowest BCUT2D eigenvalue weighted by Gasteiger charge is -2.05. The average molecular weight is 333 g/mol. The Bertz CT molecular complexity index is 981. The summed E-state index contributed by atoms with van der Waals surface area (Å²) in [6, 6.07) is 8.71. The van der Waals surface area contributed by atoms with Crippen molar-refractivity contribution in [3.8, 4) is 0 Å². The van der Waals surface area contributed by atoms with Gasteiger partial charge in [-0.05, 0) is 23.8 Å². The first-order chi connectivity index (χ1) is 11.0. The third-order valence-corrected chi connectivity index (χ3v) is 4.74. The fourth-order valence-electron chi connectivity index (χ4n) is 2.18. The highest BCUT2D eigenvalue weighted by molar-refractivity contribution is 7.89. The first kappa shape index (κ1) is 15.1. The maximum absolute atomic E-state index is 12.3. The summed E-state index contributed by atoms with van der Waals surface area (Å²) in [5.41, 5.74) is 1.26. The Labute approximate surface area is 131 Å². The summed E-state index contributed by atoms with van der Waals surface area (Å²) >= 11 is 0. The Balaban J connectivity index is 1.84. The maximum Gasteiger partial charge on any atom is 0.317 e. The van der Waals surface area contributed by atoms with Crippen molar-refractivity contribution in [2.24, 2.45) is 0 Å². The molecule has 0 saturated heterocycles. The zero-order valence-electron chi connectivity index (χ0n) is 11.8. The third-order valence-electron chi connectivity index (χ3n) is 3.34. The second-order valence-corrected chi connectivity index (χ2v) is 6.58. The molecular formula is C14H13N4O4S+. The number of sulfonamides is 1. The van der Waals surface area contributed by atoms with Gasteiger partial charge in [0, 0.05) is 36.5 Å². The van der Waals surface area contributed by atoms with Crippen LogP contribution in [0.3, 0.4) is 0 Å². The van der Waals surface area contributed by atoms with Gasteiger partial charge < -0.3 is 4.98 Å². The van der Waals surface area contributed by atoms with Gasteiger partial charge in [0.15, 0.2) is 0 Å². The van der Waals surface area contributed by atoms with Crippen LogP contribution >= 0.6 is 0 Å². The van der Waals surface area contributed by atoms with Crippen LogP contribution in [0, 0.1) is 4.91 Å². The Morgan fingerprint density at radius 2 is 2.09 bits per heavy atom. The van der Waals surface area contributed by atoms with Crippen molar-refractivity contribution in [3.63, 3.8) is 0 Å². The van der Waals surface area contributed by atoms with Gasteiger partial charge >= 0.3 is 5.69 Å². The van der Waals surface area contributed by atoms with E-state index in [9.17, 15) is 13.3 Å². The van der Waals surface area contributed by atoms with Crippen molar-refractivity contribution >= 4 is 26.7 Å². The summed E-state index contributed by atoms with van der Waals surface area (Å²) in [4.78, 5) is 17.5. The lowest BCUT2D eigenvalue weighted by atomic mass is 10.2. The Hall–Kier alpha value is -2.78. The number of benzene rings is 1. The highest BCUT2D eigenvalue weighted by Crippen LogP contribution is 2.19. The second kappa shape index (κ2) is 5.78. The zero-order chi connectivity index (χ0) is 16.4. The van der Waals surface area contributed by atoms with Crippen molar-refractivity contribution in [2.75, 3.05) is 0 Å². The van der Waals surface area contributed by atoms with Crippen LogP contribution in [0.4, 0.5) is 5.69 Å². The van der Waals surface area contributed by atoms with Crippen molar-refractivity contribution in [1.82, 2.24) is 14.7 Å². The van der Waals surface area contributed by atoms with Crippen molar-refractivity contribution < 1.29 is 18.5 Å². The third kappa shape index (κ3) is 3.05. The van der Waals surface area contributed by atoms with E-state index in [-0.39, 0.29) is 22.1 Å². The van der Waals surface area contributed by atoms with Gasteiger partial charge in [-0.2, -0.15) is 0 Å². The molecule has 9 heteroatoms. The molecule has 0 bridgehead atoms. The molecule has 3 N–H and O–H groups in total. The minimum Gasteiger partial charge on any atom is -0.346 e. The minimum absolute atomic E-state index is 0.0679. The number of H-pyrrole nitrogens is 1. The van der Waals surface area contributed by atoms with Gasteiger partial charge in [-0.1, -0.05) is 6.07 Å². The van der Waals surface area contributed by atoms with Crippen LogP contribution < -0.4 is 4.72 Å². The van der Waals surface area contributed by atoms with Gasteiger partial charge in [-0.25, -0.2) is 23.3 Å². The van der Waals surface area contributed by atoms with Crippen molar-refractivity contribution in [2.45, 2.75) is 11.4 Å². The second-order valence-electron chi connectivity index (χ2n) is 4.81. The van der Waals surface area contributed by atoms with E-state index in [1.165, 1.54) is 18.2 Å². The fourth-order valence-corrected chi connectivity index (χ4v) is 3.23. The normalized spacial score (nSPS) is 11.7. The van der Waals surface area contributed by atoms with E-state index in [0.29, 0.717) is 5.65 Å². The number of pyridine rings is 1. The summed E-state index contributed by atoms with van der Waals surface area (Å²) in [6.45, 7) is 0.0679. The molecule has 3 aromatic rings. The van der Waals surface area contributed by atoms with Crippen LogP contribution in [0.2, 0.25) is 0 Å². The summed E-state index contributed by atoms with van der Waals surface area (Å²) in [7, 11) is -3.82. The van der Waals surface area contributed by atoms with E-state index >= 15 is 0 Å². The monoisotopic (exact) mass is 333 g/mol. The molecule has 0 aliphatic heterocycles. The van der Waals surface area contributed by atoms with Gasteiger partial charge in [-0.3, -0.25) is 0 Å². The summed E-state index contributed by atoms with van der Waals surface area (Å²) in [5.74, 6) is 0. The molecule has 0 radical (unpaired) electrons. The summed E-state index contributed by atoms with van der Waals surface area (Å²) in [5, 5.41) is 9.69. The molecule has 0 unspecified atom stereocenters. The maximum atomic E-state index is 12.3. The molecule has 0 spiro atoms. The number of hydrogen-bond acceptors (Lipinski definition) is 4. The van der Waals surface area contributed by atoms with Gasteiger partial charge in [0.2, 0.25) is 10.0 Å². The van der Waals surface area contributed by atoms with Crippen molar-refractivity contribution in [1.29, 1.82) is 0 Å². The van der Waals surface area contributed by atoms with Crippen LogP contribution in [0.25, 0.3) is 11.0 Å². The molecular weight excluding hydrogens is 320 g/mol. The topological polar surface area (TPSA) is 115 Å². The van der Waals surface area contributed by atoms with E-state index in [2.05, 4.69) is 14.7 Å². The van der Waals surface area contributed by atoms with Crippen LogP contribution in [0.5, 0.6) is 0 Å². The van der Waals surface area contributed by atoms with E-state index in [1.54, 1.807) is 18.5 Å². The first-order valence-electron chi connectivity index (χ1n) is 6.64. The molecule has 23 heavy (non-hydrogen) atoms. The Morgan fingerprint density at radius 1 is 1.26 bits per heavy atom.